The van der Waals surface area contributed by atoms with Crippen molar-refractivity contribution in [2.45, 2.75) is 64.0 Å². The summed E-state index contributed by atoms with van der Waals surface area (Å²) < 4.78 is 7.63. The Labute approximate surface area is 191 Å². The summed E-state index contributed by atoms with van der Waals surface area (Å²) in [6, 6.07) is 14.7. The lowest BCUT2D eigenvalue weighted by Crippen LogP contribution is -2.43. The van der Waals surface area contributed by atoms with Gasteiger partial charge in [0.15, 0.2) is 0 Å². The summed E-state index contributed by atoms with van der Waals surface area (Å²) in [6.45, 7) is 8.54. The van der Waals surface area contributed by atoms with E-state index in [4.69, 9.17) is 4.74 Å². The smallest absolute Gasteiger partial charge is 0.410 e. The molecule has 1 aromatic carbocycles. The predicted octanol–water partition coefficient (Wildman–Crippen LogP) is 5.08. The second-order valence-electron chi connectivity index (χ2n) is 9.98. The van der Waals surface area contributed by atoms with Crippen LogP contribution < -0.4 is 0 Å². The molecule has 3 heterocycles. The van der Waals surface area contributed by atoms with Crippen molar-refractivity contribution in [3.05, 3.63) is 59.9 Å². The number of likely N-dealkylation sites (tertiary alicyclic amines) is 2. The lowest BCUT2D eigenvalue weighted by molar-refractivity contribution is 0.0186. The van der Waals surface area contributed by atoms with Crippen molar-refractivity contribution in [1.82, 2.24) is 14.4 Å². The molecule has 6 nitrogen and oxygen atoms in total. The quantitative estimate of drug-likeness (QED) is 0.673. The average Bonchev–Trinajstić information content (AvgIpc) is 3.28. The van der Waals surface area contributed by atoms with Gasteiger partial charge in [-0.2, -0.15) is 0 Å². The van der Waals surface area contributed by atoms with Crippen molar-refractivity contribution < 1.29 is 14.3 Å². The summed E-state index contributed by atoms with van der Waals surface area (Å²) in [7, 11) is 0. The fourth-order valence-corrected chi connectivity index (χ4v) is 4.85. The number of hydrogen-bond donors (Lipinski definition) is 0. The minimum absolute atomic E-state index is 0.121. The fraction of sp³-hybridized carbons (Fsp3) is 0.538. The van der Waals surface area contributed by atoms with Crippen molar-refractivity contribution in [3.8, 4) is 0 Å². The van der Waals surface area contributed by atoms with E-state index in [1.165, 1.54) is 5.56 Å². The molecular formula is C26H35N3O3. The van der Waals surface area contributed by atoms with Gasteiger partial charge in [0, 0.05) is 38.4 Å². The first-order valence-electron chi connectivity index (χ1n) is 11.8. The van der Waals surface area contributed by atoms with E-state index in [-0.39, 0.29) is 18.0 Å². The molecule has 2 amide bonds. The van der Waals surface area contributed by atoms with Gasteiger partial charge in [-0.25, -0.2) is 4.79 Å². The van der Waals surface area contributed by atoms with Gasteiger partial charge in [-0.15, -0.1) is 0 Å². The van der Waals surface area contributed by atoms with E-state index in [1.54, 1.807) is 4.90 Å². The number of benzene rings is 1. The highest BCUT2D eigenvalue weighted by Gasteiger charge is 2.30. The molecule has 0 unspecified atom stereocenters. The molecule has 0 spiro atoms. The number of piperidine rings is 2. The topological polar surface area (TPSA) is 54.8 Å². The first kappa shape index (κ1) is 22.4. The molecule has 0 bridgehead atoms. The Bertz CT molecular complexity index is 915. The van der Waals surface area contributed by atoms with Gasteiger partial charge in [-0.3, -0.25) is 4.79 Å². The summed E-state index contributed by atoms with van der Waals surface area (Å²) in [5, 5.41) is 0. The molecule has 172 valence electrons. The SMILES string of the molecule is CC(C)(C)OC(=O)N1CCC(n2cccc2C(=O)N2CCC(c3ccccc3)CC2)CC1. The third-order valence-corrected chi connectivity index (χ3v) is 6.56. The highest BCUT2D eigenvalue weighted by molar-refractivity contribution is 5.93. The third kappa shape index (κ3) is 5.17. The van der Waals surface area contributed by atoms with E-state index < -0.39 is 5.60 Å². The molecule has 0 N–H and O–H groups in total. The van der Waals surface area contributed by atoms with E-state index in [0.29, 0.717) is 19.0 Å². The number of ether oxygens (including phenoxy) is 1. The third-order valence-electron chi connectivity index (χ3n) is 6.56. The van der Waals surface area contributed by atoms with Crippen LogP contribution in [-0.4, -0.2) is 58.1 Å². The number of aromatic nitrogens is 1. The summed E-state index contributed by atoms with van der Waals surface area (Å²) in [5.41, 5.74) is 1.65. The maximum Gasteiger partial charge on any atom is 0.410 e. The minimum atomic E-state index is -0.484. The number of hydrogen-bond acceptors (Lipinski definition) is 3. The van der Waals surface area contributed by atoms with Crippen molar-refractivity contribution in [3.63, 3.8) is 0 Å². The molecule has 2 fully saturated rings. The Morgan fingerprint density at radius 3 is 2.09 bits per heavy atom. The molecular weight excluding hydrogens is 402 g/mol. The maximum atomic E-state index is 13.3. The van der Waals surface area contributed by atoms with E-state index in [9.17, 15) is 9.59 Å². The normalized spacial score (nSPS) is 18.6. The molecule has 0 aliphatic carbocycles. The van der Waals surface area contributed by atoms with Crippen molar-refractivity contribution >= 4 is 12.0 Å². The first-order chi connectivity index (χ1) is 15.3. The Morgan fingerprint density at radius 2 is 1.47 bits per heavy atom. The fourth-order valence-electron chi connectivity index (χ4n) is 4.85. The van der Waals surface area contributed by atoms with Crippen LogP contribution in [0.25, 0.3) is 0 Å². The summed E-state index contributed by atoms with van der Waals surface area (Å²) >= 11 is 0. The number of carbonyl (C=O) groups is 2. The average molecular weight is 438 g/mol. The van der Waals surface area contributed by atoms with Gasteiger partial charge < -0.3 is 19.1 Å². The van der Waals surface area contributed by atoms with Gasteiger partial charge in [0.25, 0.3) is 5.91 Å². The van der Waals surface area contributed by atoms with Crippen LogP contribution in [0.15, 0.2) is 48.7 Å². The molecule has 2 aliphatic heterocycles. The molecule has 2 saturated heterocycles. The highest BCUT2D eigenvalue weighted by Crippen LogP contribution is 2.30. The van der Waals surface area contributed by atoms with E-state index in [1.807, 2.05) is 50.1 Å². The predicted molar refractivity (Wildman–Crippen MR) is 125 cm³/mol. The molecule has 0 atom stereocenters. The zero-order valence-electron chi connectivity index (χ0n) is 19.5. The maximum absolute atomic E-state index is 13.3. The van der Waals surface area contributed by atoms with Gasteiger partial charge in [0.1, 0.15) is 11.3 Å². The van der Waals surface area contributed by atoms with E-state index >= 15 is 0 Å². The van der Waals surface area contributed by atoms with Crippen LogP contribution in [0.1, 0.15) is 74.5 Å². The number of nitrogens with zero attached hydrogens (tertiary/aromatic N) is 3. The Balaban J connectivity index is 1.34. The van der Waals surface area contributed by atoms with E-state index in [0.717, 1.165) is 44.5 Å². The Kier molecular flexibility index (Phi) is 6.58. The molecule has 0 radical (unpaired) electrons. The molecule has 2 aromatic rings. The van der Waals surface area contributed by atoms with Crippen LogP contribution in [0, 0.1) is 0 Å². The van der Waals surface area contributed by atoms with Crippen LogP contribution >= 0.6 is 0 Å². The van der Waals surface area contributed by atoms with E-state index in [2.05, 4.69) is 28.8 Å². The molecule has 32 heavy (non-hydrogen) atoms. The summed E-state index contributed by atoms with van der Waals surface area (Å²) in [4.78, 5) is 29.5. The van der Waals surface area contributed by atoms with Crippen molar-refractivity contribution in [1.29, 1.82) is 0 Å². The summed E-state index contributed by atoms with van der Waals surface area (Å²) in [5.74, 6) is 0.653. The van der Waals surface area contributed by atoms with Gasteiger partial charge in [0.05, 0.1) is 0 Å². The number of rotatable bonds is 3. The second-order valence-corrected chi connectivity index (χ2v) is 9.98. The van der Waals surface area contributed by atoms with Crippen LogP contribution in [0.3, 0.4) is 0 Å². The second kappa shape index (κ2) is 9.39. The Morgan fingerprint density at radius 1 is 0.844 bits per heavy atom. The Hall–Kier alpha value is -2.76. The first-order valence-corrected chi connectivity index (χ1v) is 11.8. The van der Waals surface area contributed by atoms with Gasteiger partial charge in [0.2, 0.25) is 0 Å². The molecule has 6 heteroatoms. The zero-order chi connectivity index (χ0) is 22.7. The standard InChI is InChI=1S/C26H35N3O3/c1-26(2,3)32-25(31)28-18-13-22(14-19-28)29-15-7-10-23(29)24(30)27-16-11-21(12-17-27)20-8-5-4-6-9-20/h4-10,15,21-22H,11-14,16-19H2,1-3H3. The van der Waals surface area contributed by atoms with Crippen LogP contribution in [-0.2, 0) is 4.74 Å². The van der Waals surface area contributed by atoms with Gasteiger partial charge in [-0.1, -0.05) is 30.3 Å². The largest absolute Gasteiger partial charge is 0.444 e. The molecule has 4 rings (SSSR count). The minimum Gasteiger partial charge on any atom is -0.444 e. The summed E-state index contributed by atoms with van der Waals surface area (Å²) in [6.07, 6.45) is 5.42. The zero-order valence-corrected chi connectivity index (χ0v) is 19.5. The number of carbonyl (C=O) groups excluding carboxylic acids is 2. The van der Waals surface area contributed by atoms with Crippen molar-refractivity contribution in [2.75, 3.05) is 26.2 Å². The van der Waals surface area contributed by atoms with Crippen LogP contribution in [0.5, 0.6) is 0 Å². The van der Waals surface area contributed by atoms with Crippen LogP contribution in [0.2, 0.25) is 0 Å². The molecule has 2 aliphatic rings. The van der Waals surface area contributed by atoms with Crippen molar-refractivity contribution in [2.24, 2.45) is 0 Å². The van der Waals surface area contributed by atoms with Gasteiger partial charge in [-0.05, 0) is 70.1 Å². The lowest BCUT2D eigenvalue weighted by atomic mass is 9.89. The highest BCUT2D eigenvalue weighted by atomic mass is 16.6. The molecule has 0 saturated carbocycles. The number of amides is 2. The lowest BCUT2D eigenvalue weighted by Gasteiger charge is -2.35. The van der Waals surface area contributed by atoms with Crippen LogP contribution in [0.4, 0.5) is 4.79 Å². The van der Waals surface area contributed by atoms with Gasteiger partial charge >= 0.3 is 6.09 Å². The molecule has 1 aromatic heterocycles. The monoisotopic (exact) mass is 437 g/mol.